The van der Waals surface area contributed by atoms with E-state index in [9.17, 15) is 8.42 Å². The topological polar surface area (TPSA) is 72.2 Å². The van der Waals surface area contributed by atoms with Gasteiger partial charge in [0.15, 0.2) is 0 Å². The Kier molecular flexibility index (Phi) is 4.35. The van der Waals surface area contributed by atoms with Crippen LogP contribution in [0.15, 0.2) is 35.9 Å². The van der Waals surface area contributed by atoms with Crippen molar-refractivity contribution in [1.29, 1.82) is 0 Å². The van der Waals surface area contributed by atoms with E-state index in [4.69, 9.17) is 17.3 Å². The number of nitrogen functional groups attached to an aromatic ring is 1. The summed E-state index contributed by atoms with van der Waals surface area (Å²) in [6.45, 7) is 3.42. The lowest BCUT2D eigenvalue weighted by Crippen LogP contribution is -2.26. The minimum Gasteiger partial charge on any atom is -0.398 e. The molecule has 4 nitrogen and oxygen atoms in total. The molecule has 3 N–H and O–H groups in total. The van der Waals surface area contributed by atoms with E-state index in [2.05, 4.69) is 11.3 Å². The van der Waals surface area contributed by atoms with Gasteiger partial charge in [0.2, 0.25) is 10.0 Å². The number of sulfonamides is 1. The van der Waals surface area contributed by atoms with Crippen LogP contribution in [0.25, 0.3) is 0 Å². The van der Waals surface area contributed by atoms with Crippen molar-refractivity contribution in [3.05, 3.63) is 41.4 Å². The monoisotopic (exact) mass is 260 g/mol. The van der Waals surface area contributed by atoms with Gasteiger partial charge in [0.1, 0.15) is 0 Å². The Labute approximate surface area is 100 Å². The molecular formula is C10H13ClN2O2S. The molecule has 16 heavy (non-hydrogen) atoms. The Morgan fingerprint density at radius 1 is 1.44 bits per heavy atom. The van der Waals surface area contributed by atoms with E-state index in [1.54, 1.807) is 24.3 Å². The molecule has 0 spiro atoms. The standard InChI is InChI=1S/C10H13ClN2O2S/c1-8(11)6-13-16(14,15)7-9-4-2-3-5-10(9)12/h2-5,13H,1,6-7,12H2. The number of nitrogens with one attached hydrogen (secondary N) is 1. The molecule has 0 heterocycles. The summed E-state index contributed by atoms with van der Waals surface area (Å²) in [5.41, 5.74) is 6.67. The second kappa shape index (κ2) is 5.34. The van der Waals surface area contributed by atoms with Gasteiger partial charge in [-0.15, -0.1) is 0 Å². The summed E-state index contributed by atoms with van der Waals surface area (Å²) in [5, 5.41) is 0.240. The van der Waals surface area contributed by atoms with E-state index in [0.29, 0.717) is 11.3 Å². The summed E-state index contributed by atoms with van der Waals surface area (Å²) in [7, 11) is -3.43. The third-order valence-electron chi connectivity index (χ3n) is 1.88. The van der Waals surface area contributed by atoms with Crippen molar-refractivity contribution >= 4 is 27.3 Å². The molecule has 0 atom stereocenters. The van der Waals surface area contributed by atoms with Gasteiger partial charge in [0.25, 0.3) is 0 Å². The molecule has 1 rings (SSSR count). The van der Waals surface area contributed by atoms with E-state index >= 15 is 0 Å². The summed E-state index contributed by atoms with van der Waals surface area (Å²) >= 11 is 5.47. The van der Waals surface area contributed by atoms with Crippen LogP contribution in [0.3, 0.4) is 0 Å². The molecule has 0 aliphatic rings. The normalized spacial score (nSPS) is 11.3. The van der Waals surface area contributed by atoms with Crippen molar-refractivity contribution in [2.75, 3.05) is 12.3 Å². The highest BCUT2D eigenvalue weighted by molar-refractivity contribution is 7.88. The molecule has 0 aromatic heterocycles. The SMILES string of the molecule is C=C(Cl)CNS(=O)(=O)Cc1ccccc1N. The molecule has 0 bridgehead atoms. The van der Waals surface area contributed by atoms with Crippen molar-refractivity contribution in [3.63, 3.8) is 0 Å². The number of hydrogen-bond acceptors (Lipinski definition) is 3. The molecule has 0 fully saturated rings. The van der Waals surface area contributed by atoms with E-state index in [-0.39, 0.29) is 17.3 Å². The number of nitrogens with two attached hydrogens (primary N) is 1. The van der Waals surface area contributed by atoms with E-state index in [1.165, 1.54) is 0 Å². The fourth-order valence-corrected chi connectivity index (χ4v) is 2.42. The van der Waals surface area contributed by atoms with Crippen LogP contribution in [0, 0.1) is 0 Å². The molecule has 0 aliphatic carbocycles. The van der Waals surface area contributed by atoms with Crippen molar-refractivity contribution in [2.24, 2.45) is 0 Å². The van der Waals surface area contributed by atoms with Gasteiger partial charge < -0.3 is 5.73 Å². The Morgan fingerprint density at radius 2 is 2.06 bits per heavy atom. The molecule has 1 aromatic rings. The van der Waals surface area contributed by atoms with Crippen molar-refractivity contribution in [1.82, 2.24) is 4.72 Å². The summed E-state index contributed by atoms with van der Waals surface area (Å²) in [5.74, 6) is -0.163. The highest BCUT2D eigenvalue weighted by Crippen LogP contribution is 2.13. The summed E-state index contributed by atoms with van der Waals surface area (Å²) in [6, 6.07) is 6.82. The molecule has 0 aliphatic heterocycles. The largest absolute Gasteiger partial charge is 0.398 e. The summed E-state index contributed by atoms with van der Waals surface area (Å²) < 4.78 is 25.5. The zero-order chi connectivity index (χ0) is 12.2. The molecule has 1 aromatic carbocycles. The minimum atomic E-state index is -3.43. The zero-order valence-corrected chi connectivity index (χ0v) is 10.2. The molecular weight excluding hydrogens is 248 g/mol. The molecule has 6 heteroatoms. The Bertz CT molecular complexity index is 485. The Morgan fingerprint density at radius 3 is 2.62 bits per heavy atom. The first-order chi connectivity index (χ1) is 7.41. The fourth-order valence-electron chi connectivity index (χ4n) is 1.11. The molecule has 0 saturated carbocycles. The van der Waals surface area contributed by atoms with Crippen molar-refractivity contribution in [2.45, 2.75) is 5.75 Å². The highest BCUT2D eigenvalue weighted by Gasteiger charge is 2.12. The second-order valence-electron chi connectivity index (χ2n) is 3.30. The van der Waals surface area contributed by atoms with Crippen molar-refractivity contribution < 1.29 is 8.42 Å². The third-order valence-corrected chi connectivity index (χ3v) is 3.29. The molecule has 0 amide bonds. The van der Waals surface area contributed by atoms with Crippen LogP contribution in [-0.2, 0) is 15.8 Å². The van der Waals surface area contributed by atoms with E-state index < -0.39 is 10.0 Å². The number of para-hydroxylation sites is 1. The first kappa shape index (κ1) is 13.0. The number of rotatable bonds is 5. The Hall–Kier alpha value is -1.04. The van der Waals surface area contributed by atoms with Crippen LogP contribution < -0.4 is 10.5 Å². The van der Waals surface area contributed by atoms with Crippen LogP contribution in [0.4, 0.5) is 5.69 Å². The van der Waals surface area contributed by atoms with Gasteiger partial charge >= 0.3 is 0 Å². The molecule has 0 unspecified atom stereocenters. The number of benzene rings is 1. The fraction of sp³-hybridized carbons (Fsp3) is 0.200. The minimum absolute atomic E-state index is 0.0244. The van der Waals surface area contributed by atoms with Gasteiger partial charge in [0.05, 0.1) is 5.75 Å². The lowest BCUT2D eigenvalue weighted by molar-refractivity contribution is 0.584. The predicted molar refractivity (Wildman–Crippen MR) is 66.5 cm³/mol. The van der Waals surface area contributed by atoms with Crippen LogP contribution in [0.1, 0.15) is 5.56 Å². The number of anilines is 1. The third kappa shape index (κ3) is 4.22. The second-order valence-corrected chi connectivity index (χ2v) is 5.64. The zero-order valence-electron chi connectivity index (χ0n) is 8.61. The molecule has 88 valence electrons. The van der Waals surface area contributed by atoms with Gasteiger partial charge in [-0.25, -0.2) is 13.1 Å². The van der Waals surface area contributed by atoms with E-state index in [1.807, 2.05) is 0 Å². The quantitative estimate of drug-likeness (QED) is 0.787. The predicted octanol–water partition coefficient (Wildman–Crippen LogP) is 1.44. The lowest BCUT2D eigenvalue weighted by Gasteiger charge is -2.07. The average molecular weight is 261 g/mol. The average Bonchev–Trinajstić information content (AvgIpc) is 2.19. The smallest absolute Gasteiger partial charge is 0.216 e. The van der Waals surface area contributed by atoms with Gasteiger partial charge in [-0.1, -0.05) is 36.4 Å². The van der Waals surface area contributed by atoms with Gasteiger partial charge in [-0.05, 0) is 11.6 Å². The van der Waals surface area contributed by atoms with Gasteiger partial charge in [-0.2, -0.15) is 0 Å². The maximum Gasteiger partial charge on any atom is 0.216 e. The van der Waals surface area contributed by atoms with Crippen LogP contribution in [0.2, 0.25) is 0 Å². The van der Waals surface area contributed by atoms with Gasteiger partial charge in [-0.3, -0.25) is 0 Å². The van der Waals surface area contributed by atoms with Crippen molar-refractivity contribution in [3.8, 4) is 0 Å². The first-order valence-corrected chi connectivity index (χ1v) is 6.58. The van der Waals surface area contributed by atoms with Crippen LogP contribution in [0.5, 0.6) is 0 Å². The maximum atomic E-state index is 11.6. The number of halogens is 1. The summed E-state index contributed by atoms with van der Waals surface area (Å²) in [6.07, 6.45) is 0. The highest BCUT2D eigenvalue weighted by atomic mass is 35.5. The lowest BCUT2D eigenvalue weighted by atomic mass is 10.2. The molecule has 0 radical (unpaired) electrons. The van der Waals surface area contributed by atoms with Crippen LogP contribution in [-0.4, -0.2) is 15.0 Å². The van der Waals surface area contributed by atoms with E-state index in [0.717, 1.165) is 0 Å². The number of hydrogen-bond donors (Lipinski definition) is 2. The van der Waals surface area contributed by atoms with Gasteiger partial charge in [0, 0.05) is 17.3 Å². The van der Waals surface area contributed by atoms with Crippen LogP contribution >= 0.6 is 11.6 Å². The first-order valence-electron chi connectivity index (χ1n) is 4.55. The molecule has 0 saturated heterocycles. The summed E-state index contributed by atoms with van der Waals surface area (Å²) in [4.78, 5) is 0. The Balaban J connectivity index is 2.73. The maximum absolute atomic E-state index is 11.6.